The molecule has 0 saturated carbocycles. The van der Waals surface area contributed by atoms with Crippen molar-refractivity contribution in [2.24, 2.45) is 0 Å². The number of ether oxygens (including phenoxy) is 1. The van der Waals surface area contributed by atoms with E-state index in [1.165, 1.54) is 7.11 Å². The van der Waals surface area contributed by atoms with Gasteiger partial charge in [-0.1, -0.05) is 11.6 Å². The first-order chi connectivity index (χ1) is 7.47. The Morgan fingerprint density at radius 2 is 2.31 bits per heavy atom. The first-order valence-electron chi connectivity index (χ1n) is 4.15. The maximum Gasteiger partial charge on any atom is 0.311 e. The number of aromatic nitrogens is 1. The second kappa shape index (κ2) is 5.54. The molecule has 0 aliphatic heterocycles. The smallest absolute Gasteiger partial charge is 0.311 e. The van der Waals surface area contributed by atoms with Gasteiger partial charge in [0.1, 0.15) is 0 Å². The molecule has 0 bridgehead atoms. The average Bonchev–Trinajstić information content (AvgIpc) is 2.24. The van der Waals surface area contributed by atoms with Gasteiger partial charge in [0, 0.05) is 10.7 Å². The Hall–Kier alpha value is -0.750. The van der Waals surface area contributed by atoms with Gasteiger partial charge in [-0.05, 0) is 15.9 Å². The number of alkyl halides is 2. The first-order valence-corrected chi connectivity index (χ1v) is 5.32. The lowest BCUT2D eigenvalue weighted by atomic mass is 10.2. The van der Waals surface area contributed by atoms with Gasteiger partial charge in [-0.2, -0.15) is 0 Å². The van der Waals surface area contributed by atoms with Crippen LogP contribution < -0.4 is 0 Å². The minimum absolute atomic E-state index is 0.00296. The van der Waals surface area contributed by atoms with Crippen LogP contribution in [-0.4, -0.2) is 18.1 Å². The van der Waals surface area contributed by atoms with Crippen LogP contribution in [0.1, 0.15) is 17.7 Å². The van der Waals surface area contributed by atoms with E-state index >= 15 is 0 Å². The van der Waals surface area contributed by atoms with Gasteiger partial charge >= 0.3 is 5.97 Å². The van der Waals surface area contributed by atoms with Crippen molar-refractivity contribution in [3.63, 3.8) is 0 Å². The highest BCUT2D eigenvalue weighted by Crippen LogP contribution is 2.34. The lowest BCUT2D eigenvalue weighted by Crippen LogP contribution is -2.07. The summed E-state index contributed by atoms with van der Waals surface area (Å²) in [5, 5.41) is 0.00296. The molecular formula is C9H7BrClF2NO2. The van der Waals surface area contributed by atoms with Crippen LogP contribution in [-0.2, 0) is 16.0 Å². The minimum atomic E-state index is -2.67. The number of esters is 1. The number of nitrogens with zero attached hydrogens (tertiary/aromatic N) is 1. The molecule has 1 aromatic heterocycles. The Morgan fingerprint density at radius 3 is 2.81 bits per heavy atom. The van der Waals surface area contributed by atoms with E-state index in [1.807, 2.05) is 0 Å². The highest BCUT2D eigenvalue weighted by molar-refractivity contribution is 9.10. The summed E-state index contributed by atoms with van der Waals surface area (Å²) in [7, 11) is 1.22. The van der Waals surface area contributed by atoms with Crippen LogP contribution in [0.15, 0.2) is 10.7 Å². The molecule has 0 saturated heterocycles. The van der Waals surface area contributed by atoms with E-state index in [-0.39, 0.29) is 27.2 Å². The van der Waals surface area contributed by atoms with Crippen molar-refractivity contribution in [3.05, 3.63) is 26.9 Å². The second-order valence-corrected chi connectivity index (χ2v) is 4.01. The number of halogens is 4. The van der Waals surface area contributed by atoms with E-state index in [2.05, 4.69) is 25.7 Å². The third kappa shape index (κ3) is 2.89. The summed E-state index contributed by atoms with van der Waals surface area (Å²) in [5.41, 5.74) is -0.108. The minimum Gasteiger partial charge on any atom is -0.469 e. The zero-order chi connectivity index (χ0) is 12.3. The molecule has 0 aliphatic carbocycles. The van der Waals surface area contributed by atoms with Crippen molar-refractivity contribution >= 4 is 33.5 Å². The Labute approximate surface area is 104 Å². The van der Waals surface area contributed by atoms with E-state index in [9.17, 15) is 13.6 Å². The zero-order valence-electron chi connectivity index (χ0n) is 8.14. The Kier molecular flexibility index (Phi) is 4.61. The number of methoxy groups -OCH3 is 1. The average molecular weight is 315 g/mol. The number of rotatable bonds is 3. The van der Waals surface area contributed by atoms with Crippen LogP contribution in [0.4, 0.5) is 8.78 Å². The van der Waals surface area contributed by atoms with Gasteiger partial charge in [0.05, 0.1) is 29.8 Å². The first kappa shape index (κ1) is 13.3. The highest BCUT2D eigenvalue weighted by atomic mass is 79.9. The molecule has 7 heteroatoms. The molecule has 0 N–H and O–H groups in total. The molecule has 0 radical (unpaired) electrons. The second-order valence-electron chi connectivity index (χ2n) is 2.84. The van der Waals surface area contributed by atoms with Crippen molar-refractivity contribution in [1.82, 2.24) is 4.98 Å². The monoisotopic (exact) mass is 313 g/mol. The lowest BCUT2D eigenvalue weighted by molar-refractivity contribution is -0.139. The molecule has 1 heterocycles. The zero-order valence-corrected chi connectivity index (χ0v) is 10.5. The van der Waals surface area contributed by atoms with Crippen molar-refractivity contribution in [1.29, 1.82) is 0 Å². The molecule has 0 spiro atoms. The SMILES string of the molecule is COC(=O)Cc1ncc(C(F)F)c(Br)c1Cl. The Balaban J connectivity index is 3.07. The van der Waals surface area contributed by atoms with Crippen molar-refractivity contribution in [2.75, 3.05) is 7.11 Å². The van der Waals surface area contributed by atoms with E-state index < -0.39 is 12.4 Å². The van der Waals surface area contributed by atoms with E-state index in [0.717, 1.165) is 6.20 Å². The highest BCUT2D eigenvalue weighted by Gasteiger charge is 2.19. The Morgan fingerprint density at radius 1 is 1.69 bits per heavy atom. The normalized spacial score (nSPS) is 10.6. The van der Waals surface area contributed by atoms with Crippen LogP contribution in [0, 0.1) is 0 Å². The molecular weight excluding hydrogens is 307 g/mol. The third-order valence-corrected chi connectivity index (χ3v) is 3.32. The molecule has 1 aromatic rings. The standard InChI is InChI=1S/C9H7BrClF2NO2/c1-16-6(15)2-5-8(11)7(10)4(3-14-5)9(12)13/h3,9H,2H2,1H3. The van der Waals surface area contributed by atoms with Crippen LogP contribution in [0.2, 0.25) is 5.02 Å². The molecule has 1 rings (SSSR count). The van der Waals surface area contributed by atoms with Gasteiger partial charge in [0.25, 0.3) is 6.43 Å². The summed E-state index contributed by atoms with van der Waals surface area (Å²) in [6.07, 6.45) is -1.84. The molecule has 0 amide bonds. The topological polar surface area (TPSA) is 39.2 Å². The quantitative estimate of drug-likeness (QED) is 0.805. The molecule has 3 nitrogen and oxygen atoms in total. The fourth-order valence-electron chi connectivity index (χ4n) is 0.998. The summed E-state index contributed by atoms with van der Waals surface area (Å²) in [6, 6.07) is 0. The number of carbonyl (C=O) groups excluding carboxylic acids is 1. The van der Waals surface area contributed by atoms with Crippen LogP contribution in [0.25, 0.3) is 0 Å². The fraction of sp³-hybridized carbons (Fsp3) is 0.333. The third-order valence-electron chi connectivity index (χ3n) is 1.83. The molecule has 88 valence electrons. The van der Waals surface area contributed by atoms with Gasteiger partial charge in [-0.25, -0.2) is 8.78 Å². The molecule has 0 fully saturated rings. The van der Waals surface area contributed by atoms with E-state index in [0.29, 0.717) is 0 Å². The van der Waals surface area contributed by atoms with Gasteiger partial charge < -0.3 is 4.74 Å². The summed E-state index contributed by atoms with van der Waals surface area (Å²) in [4.78, 5) is 14.7. The molecule has 0 unspecified atom stereocenters. The van der Waals surface area contributed by atoms with Gasteiger partial charge in [0.2, 0.25) is 0 Å². The number of pyridine rings is 1. The Bertz CT molecular complexity index is 415. The maximum absolute atomic E-state index is 12.4. The van der Waals surface area contributed by atoms with E-state index in [4.69, 9.17) is 11.6 Å². The van der Waals surface area contributed by atoms with Crippen LogP contribution in [0.5, 0.6) is 0 Å². The summed E-state index contributed by atoms with van der Waals surface area (Å²) < 4.78 is 29.4. The predicted octanol–water partition coefficient (Wildman–Crippen LogP) is 3.15. The molecule has 0 atom stereocenters. The van der Waals surface area contributed by atoms with Gasteiger partial charge in [-0.3, -0.25) is 9.78 Å². The summed E-state index contributed by atoms with van der Waals surface area (Å²) in [5.74, 6) is -0.536. The van der Waals surface area contributed by atoms with Crippen LogP contribution >= 0.6 is 27.5 Å². The maximum atomic E-state index is 12.4. The van der Waals surface area contributed by atoms with Crippen molar-refractivity contribution < 1.29 is 18.3 Å². The number of carbonyl (C=O) groups is 1. The van der Waals surface area contributed by atoms with Gasteiger partial charge in [0.15, 0.2) is 0 Å². The summed E-state index contributed by atoms with van der Waals surface area (Å²) in [6.45, 7) is 0. The summed E-state index contributed by atoms with van der Waals surface area (Å²) >= 11 is 8.73. The van der Waals surface area contributed by atoms with Crippen molar-refractivity contribution in [2.45, 2.75) is 12.8 Å². The van der Waals surface area contributed by atoms with Crippen molar-refractivity contribution in [3.8, 4) is 0 Å². The molecule has 16 heavy (non-hydrogen) atoms. The number of hydrogen-bond donors (Lipinski definition) is 0. The van der Waals surface area contributed by atoms with Crippen LogP contribution in [0.3, 0.4) is 0 Å². The largest absolute Gasteiger partial charge is 0.469 e. The number of hydrogen-bond acceptors (Lipinski definition) is 3. The van der Waals surface area contributed by atoms with Gasteiger partial charge in [-0.15, -0.1) is 0 Å². The molecule has 0 aromatic carbocycles. The molecule has 0 aliphatic rings. The lowest BCUT2D eigenvalue weighted by Gasteiger charge is -2.08. The predicted molar refractivity (Wildman–Crippen MR) is 57.6 cm³/mol. The fourth-order valence-corrected chi connectivity index (χ4v) is 1.73. The van der Waals surface area contributed by atoms with E-state index in [1.54, 1.807) is 0 Å².